The number of carbonyl (C=O) groups is 2. The Balaban J connectivity index is 1.66. The summed E-state index contributed by atoms with van der Waals surface area (Å²) in [5.41, 5.74) is 2.43. The highest BCUT2D eigenvalue weighted by molar-refractivity contribution is 7.99. The van der Waals surface area contributed by atoms with Gasteiger partial charge in [-0.05, 0) is 44.4 Å². The molecule has 1 saturated heterocycles. The Bertz CT molecular complexity index is 1250. The van der Waals surface area contributed by atoms with Crippen LogP contribution in [-0.2, 0) is 11.3 Å². The van der Waals surface area contributed by atoms with E-state index in [2.05, 4.69) is 5.32 Å². The van der Waals surface area contributed by atoms with Crippen LogP contribution in [0.5, 0.6) is 0 Å². The molecule has 2 heterocycles. The largest absolute Gasteiger partial charge is 0.376 e. The summed E-state index contributed by atoms with van der Waals surface area (Å²) in [5.74, 6) is -0.0722. The molecule has 2 aromatic carbocycles. The highest BCUT2D eigenvalue weighted by atomic mass is 32.2. The Kier molecular flexibility index (Phi) is 7.80. The number of carbonyl (C=O) groups excluding carboxylic acids is 2. The molecule has 3 aromatic rings. The summed E-state index contributed by atoms with van der Waals surface area (Å²) >= 11 is 1.24. The topological polar surface area (TPSA) is 90.3 Å². The average Bonchev–Trinajstić information content (AvgIpc) is 3.36. The number of fused-ring (bicyclic) bond motifs is 1. The molecular formula is C26H29N3O4S. The van der Waals surface area contributed by atoms with E-state index in [4.69, 9.17) is 9.72 Å². The first-order valence-electron chi connectivity index (χ1n) is 11.6. The predicted octanol–water partition coefficient (Wildman–Crippen LogP) is 4.00. The zero-order valence-electron chi connectivity index (χ0n) is 19.5. The number of Topliss-reactive ketones (excluding diaryl/α,β-unsaturated/α-hetero) is 1. The quantitative estimate of drug-likeness (QED) is 0.283. The molecule has 8 heteroatoms. The first kappa shape index (κ1) is 24.2. The Labute approximate surface area is 202 Å². The molecule has 1 aliphatic heterocycles. The van der Waals surface area contributed by atoms with Crippen molar-refractivity contribution in [1.82, 2.24) is 14.9 Å². The van der Waals surface area contributed by atoms with Crippen molar-refractivity contribution in [2.45, 2.75) is 50.9 Å². The SMILES string of the molecule is CCCNC(=O)c1ccc2c(=O)n(C[C@H]3CCCO3)c(SCC(=O)c3ccc(C)cc3)nc2c1. The van der Waals surface area contributed by atoms with E-state index in [0.717, 1.165) is 24.8 Å². The number of benzene rings is 2. The molecule has 7 nitrogen and oxygen atoms in total. The van der Waals surface area contributed by atoms with E-state index < -0.39 is 0 Å². The van der Waals surface area contributed by atoms with Crippen molar-refractivity contribution in [1.29, 1.82) is 0 Å². The van der Waals surface area contributed by atoms with Gasteiger partial charge >= 0.3 is 0 Å². The molecular weight excluding hydrogens is 450 g/mol. The zero-order chi connectivity index (χ0) is 24.1. The predicted molar refractivity (Wildman–Crippen MR) is 134 cm³/mol. The van der Waals surface area contributed by atoms with E-state index in [0.29, 0.717) is 46.9 Å². The third kappa shape index (κ3) is 5.56. The number of thioether (sulfide) groups is 1. The van der Waals surface area contributed by atoms with Gasteiger partial charge in [-0.15, -0.1) is 0 Å². The van der Waals surface area contributed by atoms with Crippen LogP contribution in [-0.4, -0.2) is 46.2 Å². The number of amides is 1. The van der Waals surface area contributed by atoms with Crippen molar-refractivity contribution in [2.24, 2.45) is 0 Å². The third-order valence-electron chi connectivity index (χ3n) is 5.83. The van der Waals surface area contributed by atoms with Crippen LogP contribution in [0.25, 0.3) is 10.9 Å². The fourth-order valence-electron chi connectivity index (χ4n) is 3.90. The summed E-state index contributed by atoms with van der Waals surface area (Å²) in [4.78, 5) is 43.3. The van der Waals surface area contributed by atoms with Crippen molar-refractivity contribution in [3.05, 3.63) is 69.5 Å². The molecule has 1 aromatic heterocycles. The lowest BCUT2D eigenvalue weighted by Crippen LogP contribution is -2.29. The molecule has 1 fully saturated rings. The fourth-order valence-corrected chi connectivity index (χ4v) is 4.80. The van der Waals surface area contributed by atoms with Gasteiger partial charge in [0.2, 0.25) is 0 Å². The van der Waals surface area contributed by atoms with Crippen molar-refractivity contribution < 1.29 is 14.3 Å². The number of hydrogen-bond donors (Lipinski definition) is 1. The smallest absolute Gasteiger partial charge is 0.262 e. The zero-order valence-corrected chi connectivity index (χ0v) is 20.3. The average molecular weight is 480 g/mol. The van der Waals surface area contributed by atoms with Gasteiger partial charge in [-0.2, -0.15) is 0 Å². The fraction of sp³-hybridized carbons (Fsp3) is 0.385. The van der Waals surface area contributed by atoms with Gasteiger partial charge in [0, 0.05) is 24.3 Å². The molecule has 0 saturated carbocycles. The normalized spacial score (nSPS) is 15.5. The van der Waals surface area contributed by atoms with Crippen molar-refractivity contribution in [3.63, 3.8) is 0 Å². The summed E-state index contributed by atoms with van der Waals surface area (Å²) in [6.07, 6.45) is 2.63. The van der Waals surface area contributed by atoms with Gasteiger partial charge < -0.3 is 10.1 Å². The molecule has 0 radical (unpaired) electrons. The monoisotopic (exact) mass is 479 g/mol. The van der Waals surface area contributed by atoms with Crippen molar-refractivity contribution in [2.75, 3.05) is 18.9 Å². The minimum Gasteiger partial charge on any atom is -0.376 e. The highest BCUT2D eigenvalue weighted by Gasteiger charge is 2.21. The van der Waals surface area contributed by atoms with Gasteiger partial charge in [0.05, 0.1) is 29.3 Å². The number of ketones is 1. The van der Waals surface area contributed by atoms with Crippen LogP contribution in [0.2, 0.25) is 0 Å². The summed E-state index contributed by atoms with van der Waals surface area (Å²) in [6.45, 7) is 5.62. The van der Waals surface area contributed by atoms with Gasteiger partial charge in [-0.3, -0.25) is 19.0 Å². The molecule has 178 valence electrons. The van der Waals surface area contributed by atoms with Gasteiger partial charge in [0.25, 0.3) is 11.5 Å². The highest BCUT2D eigenvalue weighted by Crippen LogP contribution is 2.23. The summed E-state index contributed by atoms with van der Waals surface area (Å²) in [7, 11) is 0. The number of aryl methyl sites for hydroxylation is 1. The lowest BCUT2D eigenvalue weighted by Gasteiger charge is -2.16. The van der Waals surface area contributed by atoms with Crippen LogP contribution in [0.4, 0.5) is 0 Å². The Morgan fingerprint density at radius 3 is 2.65 bits per heavy atom. The summed E-state index contributed by atoms with van der Waals surface area (Å²) in [5, 5.41) is 3.75. The van der Waals surface area contributed by atoms with E-state index in [-0.39, 0.29) is 29.1 Å². The maximum atomic E-state index is 13.4. The van der Waals surface area contributed by atoms with Crippen molar-refractivity contribution >= 4 is 34.4 Å². The number of ether oxygens (including phenoxy) is 1. The van der Waals surface area contributed by atoms with Gasteiger partial charge in [-0.25, -0.2) is 4.98 Å². The standard InChI is InChI=1S/C26H29N3O4S/c1-3-12-27-24(31)19-10-11-21-22(14-19)28-26(29(25(21)32)15-20-5-4-13-33-20)34-16-23(30)18-8-6-17(2)7-9-18/h6-11,14,20H,3-5,12-13,15-16H2,1-2H3,(H,27,31)/t20-/m1/s1. The maximum Gasteiger partial charge on any atom is 0.262 e. The first-order chi connectivity index (χ1) is 16.5. The van der Waals surface area contributed by atoms with E-state index in [1.807, 2.05) is 38.1 Å². The number of rotatable bonds is 9. The summed E-state index contributed by atoms with van der Waals surface area (Å²) < 4.78 is 7.37. The Morgan fingerprint density at radius 2 is 1.94 bits per heavy atom. The van der Waals surface area contributed by atoms with Crippen LogP contribution in [0, 0.1) is 6.92 Å². The first-order valence-corrected chi connectivity index (χ1v) is 12.6. The molecule has 1 aliphatic rings. The lowest BCUT2D eigenvalue weighted by atomic mass is 10.1. The molecule has 4 rings (SSSR count). The number of nitrogens with zero attached hydrogens (tertiary/aromatic N) is 2. The third-order valence-corrected chi connectivity index (χ3v) is 6.81. The van der Waals surface area contributed by atoms with E-state index in [1.54, 1.807) is 22.8 Å². The molecule has 1 amide bonds. The second-order valence-corrected chi connectivity index (χ2v) is 9.45. The van der Waals surface area contributed by atoms with Gasteiger partial charge in [0.1, 0.15) is 0 Å². The van der Waals surface area contributed by atoms with E-state index in [1.165, 1.54) is 11.8 Å². The number of nitrogens with one attached hydrogen (secondary N) is 1. The Morgan fingerprint density at radius 1 is 1.18 bits per heavy atom. The molecule has 0 unspecified atom stereocenters. The lowest BCUT2D eigenvalue weighted by molar-refractivity contribution is 0.0937. The van der Waals surface area contributed by atoms with Crippen LogP contribution in [0.3, 0.4) is 0 Å². The van der Waals surface area contributed by atoms with Gasteiger partial charge in [-0.1, -0.05) is 48.5 Å². The molecule has 1 N–H and O–H groups in total. The molecule has 0 aliphatic carbocycles. The number of aromatic nitrogens is 2. The molecule has 0 bridgehead atoms. The second-order valence-electron chi connectivity index (χ2n) is 8.51. The van der Waals surface area contributed by atoms with Crippen LogP contribution in [0.15, 0.2) is 52.4 Å². The maximum absolute atomic E-state index is 13.4. The van der Waals surface area contributed by atoms with E-state index >= 15 is 0 Å². The van der Waals surface area contributed by atoms with Gasteiger partial charge in [0.15, 0.2) is 10.9 Å². The molecule has 1 atom stereocenters. The van der Waals surface area contributed by atoms with Crippen LogP contribution in [0.1, 0.15) is 52.5 Å². The minimum absolute atomic E-state index is 0.0318. The van der Waals surface area contributed by atoms with Crippen molar-refractivity contribution in [3.8, 4) is 0 Å². The molecule has 34 heavy (non-hydrogen) atoms. The molecule has 0 spiro atoms. The number of hydrogen-bond acceptors (Lipinski definition) is 6. The Hall–Kier alpha value is -2.97. The van der Waals surface area contributed by atoms with E-state index in [9.17, 15) is 14.4 Å². The summed E-state index contributed by atoms with van der Waals surface area (Å²) in [6, 6.07) is 12.4. The van der Waals surface area contributed by atoms with Crippen LogP contribution < -0.4 is 10.9 Å². The second kappa shape index (κ2) is 11.0. The van der Waals surface area contributed by atoms with Crippen LogP contribution >= 0.6 is 11.8 Å². The minimum atomic E-state index is -0.196.